The van der Waals surface area contributed by atoms with Crippen molar-refractivity contribution in [3.63, 3.8) is 0 Å². The molecule has 0 aliphatic rings. The van der Waals surface area contributed by atoms with E-state index >= 15 is 0 Å². The Morgan fingerprint density at radius 2 is 1.60 bits per heavy atom. The summed E-state index contributed by atoms with van der Waals surface area (Å²) in [4.78, 5) is 12.7. The molecule has 0 atom stereocenters. The second-order valence-electron chi connectivity index (χ2n) is 7.98. The molecule has 1 heterocycles. The topological polar surface area (TPSA) is 78.3 Å². The lowest BCUT2D eigenvalue weighted by Gasteiger charge is -2.12. The number of para-hydroxylation sites is 1. The van der Waals surface area contributed by atoms with Gasteiger partial charge in [0.2, 0.25) is 5.91 Å². The van der Waals surface area contributed by atoms with Gasteiger partial charge < -0.3 is 14.8 Å². The molecule has 0 aliphatic carbocycles. The van der Waals surface area contributed by atoms with Crippen LogP contribution >= 0.6 is 11.8 Å². The fourth-order valence-electron chi connectivity index (χ4n) is 3.64. The molecule has 4 aromatic rings. The maximum atomic E-state index is 12.7. The highest BCUT2D eigenvalue weighted by Crippen LogP contribution is 2.25. The van der Waals surface area contributed by atoms with Crippen LogP contribution in [0, 0.1) is 13.8 Å². The van der Waals surface area contributed by atoms with Crippen molar-refractivity contribution in [2.45, 2.75) is 32.5 Å². The molecule has 1 amide bonds. The first-order valence-electron chi connectivity index (χ1n) is 11.4. The molecule has 3 aromatic carbocycles. The molecule has 7 nitrogen and oxygen atoms in total. The number of aromatic nitrogens is 3. The fraction of sp³-hybridized carbons (Fsp3) is 0.222. The van der Waals surface area contributed by atoms with Crippen molar-refractivity contribution in [3.05, 3.63) is 89.7 Å². The first-order chi connectivity index (χ1) is 17.0. The summed E-state index contributed by atoms with van der Waals surface area (Å²) in [7, 11) is 0. The van der Waals surface area contributed by atoms with Crippen molar-refractivity contribution in [2.75, 3.05) is 17.7 Å². The van der Waals surface area contributed by atoms with E-state index in [1.54, 1.807) is 0 Å². The van der Waals surface area contributed by atoms with Crippen LogP contribution in [-0.4, -0.2) is 33.0 Å². The number of nitrogens with one attached hydrogen (secondary N) is 1. The van der Waals surface area contributed by atoms with Gasteiger partial charge in [0.05, 0.1) is 12.4 Å². The summed E-state index contributed by atoms with van der Waals surface area (Å²) in [6, 6.07) is 23.2. The minimum atomic E-state index is -0.108. The second kappa shape index (κ2) is 11.6. The van der Waals surface area contributed by atoms with Crippen molar-refractivity contribution in [1.82, 2.24) is 14.8 Å². The van der Waals surface area contributed by atoms with Gasteiger partial charge in [0, 0.05) is 11.4 Å². The summed E-state index contributed by atoms with van der Waals surface area (Å²) in [5.41, 5.74) is 3.86. The summed E-state index contributed by atoms with van der Waals surface area (Å²) in [5.74, 6) is 2.25. The fourth-order valence-corrected chi connectivity index (χ4v) is 4.41. The number of hydrogen-bond acceptors (Lipinski definition) is 6. The second-order valence-corrected chi connectivity index (χ2v) is 8.92. The van der Waals surface area contributed by atoms with Crippen molar-refractivity contribution >= 4 is 23.4 Å². The zero-order valence-corrected chi connectivity index (χ0v) is 20.8. The number of carbonyl (C=O) groups is 1. The van der Waals surface area contributed by atoms with Crippen molar-refractivity contribution in [3.8, 4) is 17.2 Å². The molecule has 180 valence electrons. The highest BCUT2D eigenvalue weighted by Gasteiger charge is 2.17. The number of thioether (sulfide) groups is 1. The van der Waals surface area contributed by atoms with E-state index in [-0.39, 0.29) is 18.3 Å². The SMILES string of the molecule is CCOc1ccc(-n2c(COc3ccccc3)nnc2SCC(=O)Nc2cc(C)cc(C)c2)cc1. The summed E-state index contributed by atoms with van der Waals surface area (Å²) in [6.07, 6.45) is 0. The number of carbonyl (C=O) groups excluding carboxylic acids is 1. The molecule has 0 radical (unpaired) electrons. The van der Waals surface area contributed by atoms with Crippen LogP contribution in [0.2, 0.25) is 0 Å². The van der Waals surface area contributed by atoms with Gasteiger partial charge in [0.15, 0.2) is 11.0 Å². The Balaban J connectivity index is 1.52. The lowest BCUT2D eigenvalue weighted by molar-refractivity contribution is -0.113. The lowest BCUT2D eigenvalue weighted by Crippen LogP contribution is -2.15. The van der Waals surface area contributed by atoms with Gasteiger partial charge in [-0.25, -0.2) is 0 Å². The van der Waals surface area contributed by atoms with Crippen molar-refractivity contribution in [2.24, 2.45) is 0 Å². The third-order valence-electron chi connectivity index (χ3n) is 5.06. The van der Waals surface area contributed by atoms with Crippen LogP contribution in [-0.2, 0) is 11.4 Å². The molecule has 1 N–H and O–H groups in total. The van der Waals surface area contributed by atoms with E-state index in [4.69, 9.17) is 9.47 Å². The van der Waals surface area contributed by atoms with Crippen LogP contribution in [0.1, 0.15) is 23.9 Å². The molecular formula is C27H28N4O3S. The van der Waals surface area contributed by atoms with Gasteiger partial charge in [-0.05, 0) is 80.4 Å². The van der Waals surface area contributed by atoms with Crippen LogP contribution in [0.3, 0.4) is 0 Å². The van der Waals surface area contributed by atoms with Crippen LogP contribution in [0.25, 0.3) is 5.69 Å². The van der Waals surface area contributed by atoms with E-state index in [2.05, 4.69) is 21.6 Å². The van der Waals surface area contributed by atoms with E-state index in [0.717, 1.165) is 34.0 Å². The Bertz CT molecular complexity index is 1250. The first kappa shape index (κ1) is 24.3. The van der Waals surface area contributed by atoms with Crippen LogP contribution in [0.4, 0.5) is 5.69 Å². The summed E-state index contributed by atoms with van der Waals surface area (Å²) in [5, 5.41) is 12.3. The maximum absolute atomic E-state index is 12.7. The molecule has 0 saturated carbocycles. The minimum Gasteiger partial charge on any atom is -0.494 e. The molecular weight excluding hydrogens is 460 g/mol. The third-order valence-corrected chi connectivity index (χ3v) is 5.98. The molecule has 35 heavy (non-hydrogen) atoms. The number of benzene rings is 3. The van der Waals surface area contributed by atoms with Crippen LogP contribution in [0.5, 0.6) is 11.5 Å². The van der Waals surface area contributed by atoms with E-state index < -0.39 is 0 Å². The molecule has 0 bridgehead atoms. The molecule has 0 unspecified atom stereocenters. The molecule has 0 fully saturated rings. The minimum absolute atomic E-state index is 0.108. The molecule has 0 spiro atoms. The van der Waals surface area contributed by atoms with Gasteiger partial charge >= 0.3 is 0 Å². The average molecular weight is 489 g/mol. The Morgan fingerprint density at radius 1 is 0.914 bits per heavy atom. The lowest BCUT2D eigenvalue weighted by atomic mass is 10.1. The third kappa shape index (κ3) is 6.64. The Kier molecular flexibility index (Phi) is 8.05. The van der Waals surface area contributed by atoms with E-state index in [0.29, 0.717) is 17.6 Å². The highest BCUT2D eigenvalue weighted by atomic mass is 32.2. The standard InChI is InChI=1S/C27H28N4O3S/c1-4-33-24-12-10-22(11-13-24)31-25(17-34-23-8-6-5-7-9-23)29-30-27(31)35-18-26(32)28-21-15-19(2)14-20(3)16-21/h5-16H,4,17-18H2,1-3H3,(H,28,32). The van der Waals surface area contributed by atoms with Gasteiger partial charge in [0.1, 0.15) is 18.1 Å². The summed E-state index contributed by atoms with van der Waals surface area (Å²) >= 11 is 1.33. The van der Waals surface area contributed by atoms with Crippen molar-refractivity contribution < 1.29 is 14.3 Å². The Morgan fingerprint density at radius 3 is 2.29 bits per heavy atom. The summed E-state index contributed by atoms with van der Waals surface area (Å²) < 4.78 is 13.4. The Labute approximate surface area is 209 Å². The zero-order valence-electron chi connectivity index (χ0n) is 20.0. The number of aryl methyl sites for hydroxylation is 2. The molecule has 4 rings (SSSR count). The Hall–Kier alpha value is -3.78. The van der Waals surface area contributed by atoms with Gasteiger partial charge in [0.25, 0.3) is 0 Å². The molecule has 0 aliphatic heterocycles. The normalized spacial score (nSPS) is 10.7. The number of hydrogen-bond donors (Lipinski definition) is 1. The average Bonchev–Trinajstić information content (AvgIpc) is 3.25. The predicted octanol–water partition coefficient (Wildman–Crippen LogP) is 5.59. The number of amides is 1. The molecule has 8 heteroatoms. The highest BCUT2D eigenvalue weighted by molar-refractivity contribution is 7.99. The first-order valence-corrected chi connectivity index (χ1v) is 12.4. The quantitative estimate of drug-likeness (QED) is 0.293. The number of rotatable bonds is 10. The largest absolute Gasteiger partial charge is 0.494 e. The van der Waals surface area contributed by atoms with Gasteiger partial charge in [-0.1, -0.05) is 36.0 Å². The number of nitrogens with zero attached hydrogens (tertiary/aromatic N) is 3. The smallest absolute Gasteiger partial charge is 0.234 e. The van der Waals surface area contributed by atoms with Gasteiger partial charge in [-0.15, -0.1) is 10.2 Å². The van der Waals surface area contributed by atoms with Gasteiger partial charge in [-0.2, -0.15) is 0 Å². The molecule has 1 aromatic heterocycles. The molecule has 0 saturated heterocycles. The van der Waals surface area contributed by atoms with Gasteiger partial charge in [-0.3, -0.25) is 9.36 Å². The van der Waals surface area contributed by atoms with E-state index in [9.17, 15) is 4.79 Å². The summed E-state index contributed by atoms with van der Waals surface area (Å²) in [6.45, 7) is 6.80. The van der Waals surface area contributed by atoms with Crippen LogP contribution < -0.4 is 14.8 Å². The zero-order chi connectivity index (χ0) is 24.6. The number of ether oxygens (including phenoxy) is 2. The maximum Gasteiger partial charge on any atom is 0.234 e. The van der Waals surface area contributed by atoms with Crippen LogP contribution in [0.15, 0.2) is 78.0 Å². The number of anilines is 1. The van der Waals surface area contributed by atoms with Crippen molar-refractivity contribution in [1.29, 1.82) is 0 Å². The monoisotopic (exact) mass is 488 g/mol. The van der Waals surface area contributed by atoms with E-state index in [1.807, 2.05) is 92.1 Å². The van der Waals surface area contributed by atoms with E-state index in [1.165, 1.54) is 11.8 Å². The predicted molar refractivity (Wildman–Crippen MR) is 139 cm³/mol.